The number of ether oxygens (including phenoxy) is 2. The van der Waals surface area contributed by atoms with E-state index in [1.807, 2.05) is 13.0 Å². The molecule has 1 unspecified atom stereocenters. The maximum atomic E-state index is 13.1. The van der Waals surface area contributed by atoms with Crippen LogP contribution in [0, 0.1) is 11.3 Å². The molecular formula is C19H19N3O4. The Morgan fingerprint density at radius 3 is 2.77 bits per heavy atom. The molecule has 7 heteroatoms. The molecule has 2 aliphatic rings. The van der Waals surface area contributed by atoms with Gasteiger partial charge in [-0.3, -0.25) is 9.59 Å². The number of rotatable bonds is 5. The summed E-state index contributed by atoms with van der Waals surface area (Å²) in [6.45, 7) is 3.79. The Hall–Kier alpha value is -3.27. The van der Waals surface area contributed by atoms with Gasteiger partial charge in [0, 0.05) is 17.7 Å². The third-order valence-electron chi connectivity index (χ3n) is 4.48. The predicted octanol–water partition coefficient (Wildman–Crippen LogP) is 2.22. The molecule has 2 aliphatic heterocycles. The molecule has 0 bridgehead atoms. The van der Waals surface area contributed by atoms with E-state index in [9.17, 15) is 14.9 Å². The van der Waals surface area contributed by atoms with Crippen molar-refractivity contribution in [1.29, 1.82) is 5.26 Å². The minimum absolute atomic E-state index is 0.0418. The number of allylic oxidation sites excluding steroid dienone is 1. The van der Waals surface area contributed by atoms with Crippen molar-refractivity contribution in [3.05, 3.63) is 52.8 Å². The standard InChI is InChI=1S/C19H19N3O4/c1-3-7-13(23)15-17(25-4-2)26-14(10-20)16(21)19(15)11-8-5-6-9-12(11)22-18(19)24/h5-6,8-9H,3-4,7,21H2,1-2H3,(H,22,24). The maximum absolute atomic E-state index is 13.1. The van der Waals surface area contributed by atoms with Gasteiger partial charge >= 0.3 is 0 Å². The van der Waals surface area contributed by atoms with Crippen molar-refractivity contribution in [2.24, 2.45) is 5.73 Å². The van der Waals surface area contributed by atoms with Crippen molar-refractivity contribution < 1.29 is 19.1 Å². The summed E-state index contributed by atoms with van der Waals surface area (Å²) in [5, 5.41) is 12.2. The molecule has 0 aromatic heterocycles. The summed E-state index contributed by atoms with van der Waals surface area (Å²) in [4.78, 5) is 26.1. The van der Waals surface area contributed by atoms with E-state index in [0.29, 0.717) is 17.7 Å². The first kappa shape index (κ1) is 17.5. The topological polar surface area (TPSA) is 114 Å². The summed E-state index contributed by atoms with van der Waals surface area (Å²) in [5.41, 5.74) is 5.60. The van der Waals surface area contributed by atoms with Crippen LogP contribution >= 0.6 is 0 Å². The highest BCUT2D eigenvalue weighted by atomic mass is 16.7. The number of nitriles is 1. The van der Waals surface area contributed by atoms with E-state index in [2.05, 4.69) is 5.32 Å². The van der Waals surface area contributed by atoms with Crippen molar-refractivity contribution in [3.8, 4) is 6.07 Å². The van der Waals surface area contributed by atoms with Gasteiger partial charge in [-0.05, 0) is 19.4 Å². The van der Waals surface area contributed by atoms with E-state index < -0.39 is 11.3 Å². The predicted molar refractivity (Wildman–Crippen MR) is 93.2 cm³/mol. The normalized spacial score (nSPS) is 21.2. The number of ketones is 1. The number of benzene rings is 1. The number of fused-ring (bicyclic) bond motifs is 2. The maximum Gasteiger partial charge on any atom is 0.294 e. The number of nitrogens with two attached hydrogens (primary N) is 1. The lowest BCUT2D eigenvalue weighted by Crippen LogP contribution is -2.47. The molecule has 7 nitrogen and oxygen atoms in total. The molecular weight excluding hydrogens is 334 g/mol. The first-order chi connectivity index (χ1) is 12.5. The van der Waals surface area contributed by atoms with Crippen LogP contribution < -0.4 is 11.1 Å². The van der Waals surface area contributed by atoms with Gasteiger partial charge in [0.15, 0.2) is 11.2 Å². The van der Waals surface area contributed by atoms with Gasteiger partial charge in [-0.25, -0.2) is 0 Å². The molecule has 134 valence electrons. The number of anilines is 1. The Bertz CT molecular complexity index is 894. The van der Waals surface area contributed by atoms with Gasteiger partial charge in [0.05, 0.1) is 12.3 Å². The zero-order valence-electron chi connectivity index (χ0n) is 14.6. The molecule has 0 saturated heterocycles. The highest BCUT2D eigenvalue weighted by molar-refractivity contribution is 6.18. The number of hydrogen-bond donors (Lipinski definition) is 2. The quantitative estimate of drug-likeness (QED) is 0.839. The monoisotopic (exact) mass is 353 g/mol. The summed E-state index contributed by atoms with van der Waals surface area (Å²) in [5.74, 6) is -1.18. The number of Topliss-reactive ketones (excluding diaryl/α,β-unsaturated/α-hetero) is 1. The number of hydrogen-bond acceptors (Lipinski definition) is 6. The minimum Gasteiger partial charge on any atom is -0.465 e. The fourth-order valence-electron chi connectivity index (χ4n) is 3.42. The van der Waals surface area contributed by atoms with Crippen LogP contribution in [0.25, 0.3) is 0 Å². The van der Waals surface area contributed by atoms with Crippen molar-refractivity contribution in [3.63, 3.8) is 0 Å². The second-order valence-electron chi connectivity index (χ2n) is 5.98. The van der Waals surface area contributed by atoms with Gasteiger partial charge in [0.25, 0.3) is 5.95 Å². The van der Waals surface area contributed by atoms with E-state index >= 15 is 0 Å². The van der Waals surface area contributed by atoms with Gasteiger partial charge in [-0.2, -0.15) is 5.26 Å². The van der Waals surface area contributed by atoms with Crippen molar-refractivity contribution in [1.82, 2.24) is 0 Å². The SMILES string of the molecule is CCCC(=O)C1=C(OCC)OC(C#N)=C(N)C12C(=O)Nc1ccccc12. The lowest BCUT2D eigenvalue weighted by Gasteiger charge is -2.34. The summed E-state index contributed by atoms with van der Waals surface area (Å²) in [6.07, 6.45) is 0.775. The molecule has 0 saturated carbocycles. The van der Waals surface area contributed by atoms with Crippen LogP contribution in [0.15, 0.2) is 47.2 Å². The zero-order chi connectivity index (χ0) is 18.9. The molecule has 0 radical (unpaired) electrons. The average molecular weight is 353 g/mol. The molecule has 1 aromatic carbocycles. The van der Waals surface area contributed by atoms with Gasteiger partial charge < -0.3 is 20.5 Å². The molecule has 26 heavy (non-hydrogen) atoms. The fraction of sp³-hybridized carbons (Fsp3) is 0.316. The Morgan fingerprint density at radius 2 is 2.12 bits per heavy atom. The summed E-state index contributed by atoms with van der Waals surface area (Å²) >= 11 is 0. The molecule has 1 spiro atoms. The van der Waals surface area contributed by atoms with Gasteiger partial charge in [0.2, 0.25) is 11.7 Å². The Labute approximate surface area is 151 Å². The Kier molecular flexibility index (Phi) is 4.43. The molecule has 2 heterocycles. The van der Waals surface area contributed by atoms with Crippen molar-refractivity contribution >= 4 is 17.4 Å². The molecule has 3 rings (SSSR count). The number of para-hydroxylation sites is 1. The molecule has 1 atom stereocenters. The zero-order valence-corrected chi connectivity index (χ0v) is 14.6. The number of carbonyl (C=O) groups is 2. The Morgan fingerprint density at radius 1 is 1.38 bits per heavy atom. The van der Waals surface area contributed by atoms with Gasteiger partial charge in [-0.1, -0.05) is 25.1 Å². The second kappa shape index (κ2) is 6.56. The first-order valence-electron chi connectivity index (χ1n) is 8.42. The van der Waals surface area contributed by atoms with Crippen LogP contribution in [0.3, 0.4) is 0 Å². The summed E-state index contributed by atoms with van der Waals surface area (Å²) in [6, 6.07) is 8.81. The second-order valence-corrected chi connectivity index (χ2v) is 5.98. The Balaban J connectivity index is 2.38. The van der Waals surface area contributed by atoms with E-state index in [0.717, 1.165) is 0 Å². The van der Waals surface area contributed by atoms with Crippen LogP contribution in [0.2, 0.25) is 0 Å². The first-order valence-corrected chi connectivity index (χ1v) is 8.42. The van der Waals surface area contributed by atoms with E-state index in [1.54, 1.807) is 31.2 Å². The van der Waals surface area contributed by atoms with E-state index in [-0.39, 0.29) is 41.8 Å². The molecule has 1 aromatic rings. The third kappa shape index (κ3) is 2.26. The number of amides is 1. The van der Waals surface area contributed by atoms with Gasteiger partial charge in [-0.15, -0.1) is 0 Å². The molecule has 3 N–H and O–H groups in total. The molecule has 1 amide bonds. The van der Waals surface area contributed by atoms with Crippen molar-refractivity contribution in [2.75, 3.05) is 11.9 Å². The highest BCUT2D eigenvalue weighted by Gasteiger charge is 2.59. The number of nitrogens with one attached hydrogen (secondary N) is 1. The summed E-state index contributed by atoms with van der Waals surface area (Å²) in [7, 11) is 0. The minimum atomic E-state index is -1.63. The van der Waals surface area contributed by atoms with Crippen LogP contribution in [0.4, 0.5) is 5.69 Å². The highest BCUT2D eigenvalue weighted by Crippen LogP contribution is 2.51. The molecule has 0 fully saturated rings. The lowest BCUT2D eigenvalue weighted by molar-refractivity contribution is -0.123. The lowest BCUT2D eigenvalue weighted by atomic mass is 9.69. The van der Waals surface area contributed by atoms with Crippen LogP contribution in [0.5, 0.6) is 0 Å². The van der Waals surface area contributed by atoms with Crippen molar-refractivity contribution in [2.45, 2.75) is 32.1 Å². The number of carbonyl (C=O) groups excluding carboxylic acids is 2. The smallest absolute Gasteiger partial charge is 0.294 e. The fourth-order valence-corrected chi connectivity index (χ4v) is 3.42. The van der Waals surface area contributed by atoms with E-state index in [1.165, 1.54) is 0 Å². The summed E-state index contributed by atoms with van der Waals surface area (Å²) < 4.78 is 11.0. The molecule has 0 aliphatic carbocycles. The van der Waals surface area contributed by atoms with E-state index in [4.69, 9.17) is 15.2 Å². The third-order valence-corrected chi connectivity index (χ3v) is 4.48. The van der Waals surface area contributed by atoms with Crippen LogP contribution in [-0.2, 0) is 24.5 Å². The largest absolute Gasteiger partial charge is 0.465 e. The van der Waals surface area contributed by atoms with Crippen LogP contribution in [-0.4, -0.2) is 18.3 Å². The number of nitrogens with zero attached hydrogens (tertiary/aromatic N) is 1. The van der Waals surface area contributed by atoms with Gasteiger partial charge in [0.1, 0.15) is 11.6 Å². The van der Waals surface area contributed by atoms with Crippen LogP contribution in [0.1, 0.15) is 32.3 Å². The average Bonchev–Trinajstić information content (AvgIpc) is 2.91.